The van der Waals surface area contributed by atoms with Gasteiger partial charge in [-0.05, 0) is 19.1 Å². The molecule has 1 aromatic carbocycles. The normalized spacial score (nSPS) is 10.4. The summed E-state index contributed by atoms with van der Waals surface area (Å²) < 4.78 is 9.91. The molecule has 104 valence electrons. The number of aromatic hydroxyl groups is 1. The Labute approximate surface area is 112 Å². The number of amides is 1. The molecule has 0 spiro atoms. The van der Waals surface area contributed by atoms with Gasteiger partial charge in [-0.1, -0.05) is 0 Å². The average molecular weight is 277 g/mol. The lowest BCUT2D eigenvalue weighted by molar-refractivity contribution is 0.0486. The Morgan fingerprint density at radius 2 is 2.10 bits per heavy atom. The lowest BCUT2D eigenvalue weighted by Crippen LogP contribution is -2.26. The quantitative estimate of drug-likeness (QED) is 0.800. The Morgan fingerprint density at radius 3 is 2.70 bits per heavy atom. The number of phenols is 1. The van der Waals surface area contributed by atoms with Crippen LogP contribution in [0.1, 0.15) is 27.8 Å². The highest BCUT2D eigenvalue weighted by molar-refractivity contribution is 6.05. The van der Waals surface area contributed by atoms with Gasteiger partial charge in [-0.2, -0.15) is 0 Å². The molecule has 1 amide bonds. The summed E-state index contributed by atoms with van der Waals surface area (Å²) in [5.41, 5.74) is 3.76. The molecule has 0 saturated carbocycles. The van der Waals surface area contributed by atoms with Crippen LogP contribution in [0.25, 0.3) is 11.0 Å². The van der Waals surface area contributed by atoms with Crippen molar-refractivity contribution in [2.45, 2.75) is 6.92 Å². The molecule has 2 aromatic rings. The first-order valence-corrected chi connectivity index (χ1v) is 5.72. The van der Waals surface area contributed by atoms with E-state index in [0.717, 1.165) is 6.07 Å². The molecule has 1 aromatic heterocycles. The second-order valence-corrected chi connectivity index (χ2v) is 3.90. The highest BCUT2D eigenvalue weighted by Gasteiger charge is 2.25. The number of ether oxygens (including phenoxy) is 1. The van der Waals surface area contributed by atoms with Crippen molar-refractivity contribution in [1.82, 2.24) is 0 Å². The van der Waals surface area contributed by atoms with Gasteiger partial charge >= 0.3 is 5.97 Å². The van der Waals surface area contributed by atoms with Crippen molar-refractivity contribution in [2.75, 3.05) is 6.61 Å². The highest BCUT2D eigenvalue weighted by Crippen LogP contribution is 2.21. The van der Waals surface area contributed by atoms with Crippen molar-refractivity contribution in [1.29, 1.82) is 0 Å². The van der Waals surface area contributed by atoms with E-state index in [1.807, 2.05) is 0 Å². The van der Waals surface area contributed by atoms with E-state index in [2.05, 4.69) is 0 Å². The zero-order chi connectivity index (χ0) is 14.9. The van der Waals surface area contributed by atoms with E-state index in [-0.39, 0.29) is 23.3 Å². The van der Waals surface area contributed by atoms with Crippen molar-refractivity contribution in [3.63, 3.8) is 0 Å². The molecule has 0 aliphatic rings. The van der Waals surface area contributed by atoms with Crippen LogP contribution in [0.4, 0.5) is 0 Å². The summed E-state index contributed by atoms with van der Waals surface area (Å²) in [5, 5.41) is 9.39. The predicted octanol–water partition coefficient (Wildman–Crippen LogP) is 0.774. The van der Waals surface area contributed by atoms with Gasteiger partial charge in [0.05, 0.1) is 12.0 Å². The number of benzene rings is 1. The summed E-state index contributed by atoms with van der Waals surface area (Å²) >= 11 is 0. The van der Waals surface area contributed by atoms with Gasteiger partial charge in [-0.25, -0.2) is 4.79 Å². The molecule has 3 N–H and O–H groups in total. The van der Waals surface area contributed by atoms with E-state index in [9.17, 15) is 19.5 Å². The summed E-state index contributed by atoms with van der Waals surface area (Å²) in [4.78, 5) is 35.3. The number of hydrogen-bond acceptors (Lipinski definition) is 6. The maximum Gasteiger partial charge on any atom is 0.375 e. The number of phenolic OH excluding ortho intramolecular Hbond substituents is 1. The maximum absolute atomic E-state index is 12.2. The minimum absolute atomic E-state index is 0.0321. The zero-order valence-corrected chi connectivity index (χ0v) is 10.5. The van der Waals surface area contributed by atoms with E-state index >= 15 is 0 Å². The van der Waals surface area contributed by atoms with E-state index in [0.29, 0.717) is 0 Å². The average Bonchev–Trinajstić information content (AvgIpc) is 2.37. The first-order valence-electron chi connectivity index (χ1n) is 5.72. The largest absolute Gasteiger partial charge is 0.508 e. The standard InChI is InChI=1S/C13H11NO6/c1-2-19-13(18)11-9(12(14)17)10(16)7-4-3-6(15)5-8(7)20-11/h3-5,15H,2H2,1H3,(H2,14,17). The van der Waals surface area contributed by atoms with Gasteiger partial charge in [0.1, 0.15) is 16.9 Å². The third-order valence-corrected chi connectivity index (χ3v) is 2.58. The van der Waals surface area contributed by atoms with Crippen LogP contribution in [0.3, 0.4) is 0 Å². The third-order valence-electron chi connectivity index (χ3n) is 2.58. The van der Waals surface area contributed by atoms with Crippen LogP contribution >= 0.6 is 0 Å². The smallest absolute Gasteiger partial charge is 0.375 e. The van der Waals surface area contributed by atoms with Gasteiger partial charge < -0.3 is 20.0 Å². The van der Waals surface area contributed by atoms with E-state index < -0.39 is 28.6 Å². The molecule has 0 unspecified atom stereocenters. The van der Waals surface area contributed by atoms with Crippen LogP contribution in [0.15, 0.2) is 27.4 Å². The number of rotatable bonds is 3. The van der Waals surface area contributed by atoms with Crippen LogP contribution in [-0.4, -0.2) is 23.6 Å². The van der Waals surface area contributed by atoms with Crippen molar-refractivity contribution in [3.8, 4) is 5.75 Å². The molecule has 7 nitrogen and oxygen atoms in total. The highest BCUT2D eigenvalue weighted by atomic mass is 16.5. The van der Waals surface area contributed by atoms with E-state index in [4.69, 9.17) is 14.9 Å². The first-order chi connectivity index (χ1) is 9.45. The number of esters is 1. The second-order valence-electron chi connectivity index (χ2n) is 3.90. The van der Waals surface area contributed by atoms with Gasteiger partial charge in [0.25, 0.3) is 5.91 Å². The Balaban J connectivity index is 2.84. The van der Waals surface area contributed by atoms with Gasteiger partial charge in [0, 0.05) is 6.07 Å². The molecule has 0 atom stereocenters. The molecule has 7 heteroatoms. The molecule has 0 aliphatic heterocycles. The summed E-state index contributed by atoms with van der Waals surface area (Å²) in [6.07, 6.45) is 0. The molecule has 1 heterocycles. The third kappa shape index (κ3) is 2.20. The second kappa shape index (κ2) is 5.04. The summed E-state index contributed by atoms with van der Waals surface area (Å²) in [7, 11) is 0. The van der Waals surface area contributed by atoms with Gasteiger partial charge in [0.2, 0.25) is 11.2 Å². The molecular formula is C13H11NO6. The van der Waals surface area contributed by atoms with Crippen LogP contribution in [0.5, 0.6) is 5.75 Å². The zero-order valence-electron chi connectivity index (χ0n) is 10.5. The lowest BCUT2D eigenvalue weighted by Gasteiger charge is -2.07. The lowest BCUT2D eigenvalue weighted by atomic mass is 10.1. The number of fused-ring (bicyclic) bond motifs is 1. The Kier molecular flexibility index (Phi) is 3.43. The summed E-state index contributed by atoms with van der Waals surface area (Å²) in [6, 6.07) is 3.69. The van der Waals surface area contributed by atoms with Crippen molar-refractivity contribution < 1.29 is 23.8 Å². The fraction of sp³-hybridized carbons (Fsp3) is 0.154. The van der Waals surface area contributed by atoms with Crippen molar-refractivity contribution in [2.24, 2.45) is 5.73 Å². The molecule has 20 heavy (non-hydrogen) atoms. The number of carbonyl (C=O) groups is 2. The monoisotopic (exact) mass is 277 g/mol. The molecular weight excluding hydrogens is 266 g/mol. The number of nitrogens with two attached hydrogens (primary N) is 1. The van der Waals surface area contributed by atoms with Crippen molar-refractivity contribution >= 4 is 22.8 Å². The first kappa shape index (κ1) is 13.6. The fourth-order valence-corrected chi connectivity index (χ4v) is 1.75. The summed E-state index contributed by atoms with van der Waals surface area (Å²) in [6.45, 7) is 1.60. The van der Waals surface area contributed by atoms with Crippen LogP contribution < -0.4 is 11.2 Å². The van der Waals surface area contributed by atoms with Crippen LogP contribution in [0, 0.1) is 0 Å². The molecule has 0 bridgehead atoms. The SMILES string of the molecule is CCOC(=O)c1oc2cc(O)ccc2c(=O)c1C(N)=O. The van der Waals surface area contributed by atoms with Crippen LogP contribution in [-0.2, 0) is 4.74 Å². The minimum Gasteiger partial charge on any atom is -0.508 e. The van der Waals surface area contributed by atoms with Crippen molar-refractivity contribution in [3.05, 3.63) is 39.7 Å². The number of carbonyl (C=O) groups excluding carboxylic acids is 2. The minimum atomic E-state index is -1.09. The van der Waals surface area contributed by atoms with Gasteiger partial charge in [0.15, 0.2) is 0 Å². The molecule has 0 saturated heterocycles. The topological polar surface area (TPSA) is 120 Å². The van der Waals surface area contributed by atoms with Gasteiger partial charge in [-0.15, -0.1) is 0 Å². The fourth-order valence-electron chi connectivity index (χ4n) is 1.75. The van der Waals surface area contributed by atoms with Gasteiger partial charge in [-0.3, -0.25) is 9.59 Å². The molecule has 0 fully saturated rings. The molecule has 2 rings (SSSR count). The summed E-state index contributed by atoms with van der Waals surface area (Å²) in [5.74, 6) is -2.77. The number of hydrogen-bond donors (Lipinski definition) is 2. The molecule has 0 radical (unpaired) electrons. The maximum atomic E-state index is 12.2. The van der Waals surface area contributed by atoms with Crippen LogP contribution in [0.2, 0.25) is 0 Å². The van der Waals surface area contributed by atoms with E-state index in [1.165, 1.54) is 12.1 Å². The Hall–Kier alpha value is -2.83. The Morgan fingerprint density at radius 1 is 1.40 bits per heavy atom. The molecule has 0 aliphatic carbocycles. The number of primary amides is 1. The predicted molar refractivity (Wildman–Crippen MR) is 68.6 cm³/mol. The van der Waals surface area contributed by atoms with E-state index in [1.54, 1.807) is 6.92 Å². The Bertz CT molecular complexity index is 761.